The molecular weight excluding hydrogens is 466 g/mol. The molecule has 0 unspecified atom stereocenters. The summed E-state index contributed by atoms with van der Waals surface area (Å²) < 4.78 is 26.4. The SMILES string of the molecule is Cc1ccc2nc(N(Cc3ccccn3)C(=O)CCS(=O)(=O)c3ccc(Cl)cc3)sc2c1. The predicted octanol–water partition coefficient (Wildman–Crippen LogP) is 5.05. The molecule has 6 nitrogen and oxygen atoms in total. The lowest BCUT2D eigenvalue weighted by molar-refractivity contribution is -0.118. The van der Waals surface area contributed by atoms with E-state index in [1.165, 1.54) is 40.5 Å². The molecular formula is C23H20ClN3O3S2. The van der Waals surface area contributed by atoms with E-state index in [9.17, 15) is 13.2 Å². The van der Waals surface area contributed by atoms with Crippen LogP contribution in [0.25, 0.3) is 10.2 Å². The van der Waals surface area contributed by atoms with E-state index in [0.29, 0.717) is 15.8 Å². The number of pyridine rings is 1. The van der Waals surface area contributed by atoms with Crippen molar-refractivity contribution >= 4 is 54.0 Å². The number of anilines is 1. The number of hydrogen-bond acceptors (Lipinski definition) is 6. The summed E-state index contributed by atoms with van der Waals surface area (Å²) in [5, 5.41) is 0.970. The van der Waals surface area contributed by atoms with Gasteiger partial charge in [-0.25, -0.2) is 13.4 Å². The third kappa shape index (κ3) is 5.15. The van der Waals surface area contributed by atoms with Crippen LogP contribution >= 0.6 is 22.9 Å². The van der Waals surface area contributed by atoms with Gasteiger partial charge in [0.25, 0.3) is 0 Å². The number of benzene rings is 2. The molecule has 4 aromatic rings. The Labute approximate surface area is 195 Å². The first-order valence-electron chi connectivity index (χ1n) is 9.88. The summed E-state index contributed by atoms with van der Waals surface area (Å²) in [6.45, 7) is 2.21. The van der Waals surface area contributed by atoms with Gasteiger partial charge < -0.3 is 0 Å². The minimum Gasteiger partial charge on any atom is -0.282 e. The predicted molar refractivity (Wildman–Crippen MR) is 128 cm³/mol. The van der Waals surface area contributed by atoms with E-state index < -0.39 is 9.84 Å². The van der Waals surface area contributed by atoms with Gasteiger partial charge in [0.1, 0.15) is 0 Å². The molecule has 2 aromatic heterocycles. The van der Waals surface area contributed by atoms with Gasteiger partial charge in [-0.1, -0.05) is 35.1 Å². The second-order valence-electron chi connectivity index (χ2n) is 7.29. The van der Waals surface area contributed by atoms with E-state index >= 15 is 0 Å². The van der Waals surface area contributed by atoms with E-state index in [1.807, 2.05) is 37.3 Å². The minimum atomic E-state index is -3.63. The van der Waals surface area contributed by atoms with Crippen LogP contribution in [0.1, 0.15) is 17.7 Å². The van der Waals surface area contributed by atoms with Crippen molar-refractivity contribution in [2.75, 3.05) is 10.7 Å². The third-order valence-electron chi connectivity index (χ3n) is 4.87. The Morgan fingerprint density at radius 3 is 2.59 bits per heavy atom. The van der Waals surface area contributed by atoms with Crippen LogP contribution in [-0.2, 0) is 21.2 Å². The number of hydrogen-bond donors (Lipinski definition) is 0. The van der Waals surface area contributed by atoms with Crippen LogP contribution in [0.5, 0.6) is 0 Å². The van der Waals surface area contributed by atoms with Crippen LogP contribution in [0.3, 0.4) is 0 Å². The number of amides is 1. The Morgan fingerprint density at radius 1 is 1.09 bits per heavy atom. The lowest BCUT2D eigenvalue weighted by Crippen LogP contribution is -2.32. The van der Waals surface area contributed by atoms with E-state index in [-0.39, 0.29) is 29.5 Å². The van der Waals surface area contributed by atoms with E-state index in [0.717, 1.165) is 15.8 Å². The summed E-state index contributed by atoms with van der Waals surface area (Å²) in [4.78, 5) is 23.8. The highest BCUT2D eigenvalue weighted by molar-refractivity contribution is 7.91. The van der Waals surface area contributed by atoms with Crippen LogP contribution in [-0.4, -0.2) is 30.0 Å². The third-order valence-corrected chi connectivity index (χ3v) is 7.89. The van der Waals surface area contributed by atoms with Crippen molar-refractivity contribution in [3.8, 4) is 0 Å². The minimum absolute atomic E-state index is 0.140. The van der Waals surface area contributed by atoms with Crippen LogP contribution in [0.15, 0.2) is 71.8 Å². The fraction of sp³-hybridized carbons (Fsp3) is 0.174. The van der Waals surface area contributed by atoms with Crippen molar-refractivity contribution < 1.29 is 13.2 Å². The highest BCUT2D eigenvalue weighted by atomic mass is 35.5. The first-order chi connectivity index (χ1) is 15.3. The average molecular weight is 486 g/mol. The van der Waals surface area contributed by atoms with Crippen molar-refractivity contribution in [3.05, 3.63) is 83.1 Å². The lowest BCUT2D eigenvalue weighted by Gasteiger charge is -2.19. The summed E-state index contributed by atoms with van der Waals surface area (Å²) in [5.74, 6) is -0.639. The summed E-state index contributed by atoms with van der Waals surface area (Å²) in [6, 6.07) is 17.3. The second-order valence-corrected chi connectivity index (χ2v) is 10.8. The fourth-order valence-electron chi connectivity index (χ4n) is 3.17. The van der Waals surface area contributed by atoms with Crippen molar-refractivity contribution in [3.63, 3.8) is 0 Å². The van der Waals surface area contributed by atoms with Crippen molar-refractivity contribution in [1.29, 1.82) is 0 Å². The zero-order valence-corrected chi connectivity index (χ0v) is 19.6. The smallest absolute Gasteiger partial charge is 0.230 e. The molecule has 0 aliphatic carbocycles. The van der Waals surface area contributed by atoms with Crippen LogP contribution in [0.2, 0.25) is 5.02 Å². The standard InChI is InChI=1S/C23H20ClN3O3S2/c1-16-5-10-20-21(14-16)31-23(26-20)27(15-18-4-2-3-12-25-18)22(28)11-13-32(29,30)19-8-6-17(24)7-9-19/h2-10,12,14H,11,13,15H2,1H3. The van der Waals surface area contributed by atoms with Crippen LogP contribution in [0, 0.1) is 6.92 Å². The number of thiazole rings is 1. The molecule has 0 fully saturated rings. The highest BCUT2D eigenvalue weighted by Crippen LogP contribution is 2.31. The largest absolute Gasteiger partial charge is 0.282 e. The maximum Gasteiger partial charge on any atom is 0.230 e. The Kier molecular flexibility index (Phi) is 6.55. The fourth-order valence-corrected chi connectivity index (χ4v) is 5.60. The zero-order chi connectivity index (χ0) is 22.7. The first-order valence-corrected chi connectivity index (χ1v) is 12.7. The summed E-state index contributed by atoms with van der Waals surface area (Å²) in [7, 11) is -3.63. The van der Waals surface area contributed by atoms with Crippen molar-refractivity contribution in [1.82, 2.24) is 9.97 Å². The number of nitrogens with zero attached hydrogens (tertiary/aromatic N) is 3. The molecule has 4 rings (SSSR count). The highest BCUT2D eigenvalue weighted by Gasteiger charge is 2.24. The molecule has 9 heteroatoms. The molecule has 0 saturated heterocycles. The van der Waals surface area contributed by atoms with Crippen molar-refractivity contribution in [2.45, 2.75) is 24.8 Å². The molecule has 0 saturated carbocycles. The second kappa shape index (κ2) is 9.36. The summed E-state index contributed by atoms with van der Waals surface area (Å²) in [5.41, 5.74) is 2.59. The number of carbonyl (C=O) groups excluding carboxylic acids is 1. The molecule has 0 aliphatic rings. The quantitative estimate of drug-likeness (QED) is 0.366. The summed E-state index contributed by atoms with van der Waals surface area (Å²) >= 11 is 7.25. The first kappa shape index (κ1) is 22.4. The van der Waals surface area contributed by atoms with E-state index in [2.05, 4.69) is 9.97 Å². The molecule has 164 valence electrons. The van der Waals surface area contributed by atoms with Gasteiger partial charge in [0.2, 0.25) is 5.91 Å². The van der Waals surface area contributed by atoms with Crippen LogP contribution in [0.4, 0.5) is 5.13 Å². The van der Waals surface area contributed by atoms with Crippen molar-refractivity contribution in [2.24, 2.45) is 0 Å². The molecule has 1 amide bonds. The molecule has 0 N–H and O–H groups in total. The Morgan fingerprint density at radius 2 is 1.88 bits per heavy atom. The monoisotopic (exact) mass is 485 g/mol. The maximum absolute atomic E-state index is 13.2. The van der Waals surface area contributed by atoms with E-state index in [4.69, 9.17) is 11.6 Å². The molecule has 32 heavy (non-hydrogen) atoms. The van der Waals surface area contributed by atoms with Gasteiger partial charge >= 0.3 is 0 Å². The maximum atomic E-state index is 13.2. The van der Waals surface area contributed by atoms with Gasteiger partial charge in [0, 0.05) is 17.6 Å². The zero-order valence-electron chi connectivity index (χ0n) is 17.2. The average Bonchev–Trinajstić information content (AvgIpc) is 3.19. The van der Waals surface area contributed by atoms with Gasteiger partial charge in [0.05, 0.1) is 33.1 Å². The number of rotatable bonds is 7. The van der Waals surface area contributed by atoms with Gasteiger partial charge in [-0.05, 0) is 61.0 Å². The lowest BCUT2D eigenvalue weighted by atomic mass is 10.2. The van der Waals surface area contributed by atoms with Gasteiger partial charge in [-0.2, -0.15) is 0 Å². The molecule has 2 aromatic carbocycles. The molecule has 2 heterocycles. The number of aryl methyl sites for hydroxylation is 1. The molecule has 0 bridgehead atoms. The number of carbonyl (C=O) groups is 1. The molecule has 0 atom stereocenters. The van der Waals surface area contributed by atoms with Crippen LogP contribution < -0.4 is 4.90 Å². The number of fused-ring (bicyclic) bond motifs is 1. The molecule has 0 aliphatic heterocycles. The number of sulfone groups is 1. The Balaban J connectivity index is 1.60. The summed E-state index contributed by atoms with van der Waals surface area (Å²) in [6.07, 6.45) is 1.48. The number of aromatic nitrogens is 2. The Hall–Kier alpha value is -2.81. The van der Waals surface area contributed by atoms with Gasteiger partial charge in [-0.3, -0.25) is 14.7 Å². The van der Waals surface area contributed by atoms with Gasteiger partial charge in [0.15, 0.2) is 15.0 Å². The molecule has 0 spiro atoms. The Bertz CT molecular complexity index is 1350. The molecule has 0 radical (unpaired) electrons. The van der Waals surface area contributed by atoms with E-state index in [1.54, 1.807) is 12.3 Å². The number of halogens is 1. The normalized spacial score (nSPS) is 11.6. The topological polar surface area (TPSA) is 80.2 Å². The van der Waals surface area contributed by atoms with Gasteiger partial charge in [-0.15, -0.1) is 0 Å².